The molecular weight excluding hydrogens is 194 g/mol. The van der Waals surface area contributed by atoms with Crippen LogP contribution in [0, 0.1) is 11.8 Å². The van der Waals surface area contributed by atoms with E-state index in [0.717, 1.165) is 19.3 Å². The van der Waals surface area contributed by atoms with Crippen LogP contribution < -0.4 is 0 Å². The quantitative estimate of drug-likeness (QED) is 0.624. The molecule has 0 saturated carbocycles. The average Bonchev–Trinajstić information content (AvgIpc) is 2.87. The summed E-state index contributed by atoms with van der Waals surface area (Å²) in [5.41, 5.74) is 0. The maximum atomic E-state index is 12.0. The van der Waals surface area contributed by atoms with E-state index in [1.54, 1.807) is 0 Å². The Morgan fingerprint density at radius 1 is 1.20 bits per heavy atom. The second-order valence-electron chi connectivity index (χ2n) is 4.67. The predicted molar refractivity (Wildman–Crippen MR) is 51.9 cm³/mol. The van der Waals surface area contributed by atoms with Crippen LogP contribution in [0.15, 0.2) is 0 Å². The van der Waals surface area contributed by atoms with Crippen molar-refractivity contribution in [1.82, 2.24) is 4.90 Å². The molecule has 4 nitrogen and oxygen atoms in total. The number of hydrogen-bond acceptors (Lipinski definition) is 3. The molecule has 82 valence electrons. The van der Waals surface area contributed by atoms with E-state index in [2.05, 4.69) is 0 Å². The number of likely N-dealkylation sites (tertiary alicyclic amines) is 1. The molecule has 2 amide bonds. The van der Waals surface area contributed by atoms with Gasteiger partial charge in [0, 0.05) is 6.54 Å². The number of carbonyl (C=O) groups is 2. The van der Waals surface area contributed by atoms with Gasteiger partial charge in [0.25, 0.3) is 0 Å². The fourth-order valence-corrected chi connectivity index (χ4v) is 3.22. The minimum atomic E-state index is -0.150. The largest absolute Gasteiger partial charge is 0.373 e. The monoisotopic (exact) mass is 209 g/mol. The summed E-state index contributed by atoms with van der Waals surface area (Å²) >= 11 is 0. The molecule has 3 aliphatic rings. The van der Waals surface area contributed by atoms with Crippen LogP contribution in [0.2, 0.25) is 0 Å². The molecule has 0 N–H and O–H groups in total. The first-order chi connectivity index (χ1) is 7.24. The molecule has 3 saturated heterocycles. The molecule has 2 bridgehead atoms. The van der Waals surface area contributed by atoms with Crippen LogP contribution in [0.1, 0.15) is 26.2 Å². The number of carbonyl (C=O) groups excluding carboxylic acids is 2. The molecule has 0 aromatic carbocycles. The SMILES string of the molecule is CCCN1C(=O)[C@@H]2[C@@H](C1=O)[C@@H]1CC[C@@H]2O1. The third kappa shape index (κ3) is 1.06. The molecular formula is C11H15NO3. The summed E-state index contributed by atoms with van der Waals surface area (Å²) in [6.07, 6.45) is 2.79. The zero-order chi connectivity index (χ0) is 10.6. The lowest BCUT2D eigenvalue weighted by Gasteiger charge is -2.15. The first-order valence-corrected chi connectivity index (χ1v) is 5.74. The van der Waals surface area contributed by atoms with Crippen LogP contribution in [-0.4, -0.2) is 35.5 Å². The van der Waals surface area contributed by atoms with Crippen molar-refractivity contribution in [2.75, 3.05) is 6.54 Å². The predicted octanol–water partition coefficient (Wildman–Crippen LogP) is 0.559. The van der Waals surface area contributed by atoms with Gasteiger partial charge in [-0.05, 0) is 19.3 Å². The van der Waals surface area contributed by atoms with Crippen LogP contribution >= 0.6 is 0 Å². The van der Waals surface area contributed by atoms with Crippen LogP contribution in [-0.2, 0) is 14.3 Å². The summed E-state index contributed by atoms with van der Waals surface area (Å²) in [7, 11) is 0. The molecule has 3 aliphatic heterocycles. The van der Waals surface area contributed by atoms with E-state index in [9.17, 15) is 9.59 Å². The van der Waals surface area contributed by atoms with E-state index in [4.69, 9.17) is 4.74 Å². The molecule has 15 heavy (non-hydrogen) atoms. The maximum absolute atomic E-state index is 12.0. The van der Waals surface area contributed by atoms with Gasteiger partial charge in [-0.25, -0.2) is 0 Å². The Hall–Kier alpha value is -0.900. The lowest BCUT2D eigenvalue weighted by Crippen LogP contribution is -2.34. The molecule has 3 fully saturated rings. The molecule has 0 aromatic heterocycles. The fraction of sp³-hybridized carbons (Fsp3) is 0.818. The van der Waals surface area contributed by atoms with Gasteiger partial charge >= 0.3 is 0 Å². The Labute approximate surface area is 88.6 Å². The van der Waals surface area contributed by atoms with E-state index in [0.29, 0.717) is 6.54 Å². The second-order valence-corrected chi connectivity index (χ2v) is 4.67. The Morgan fingerprint density at radius 2 is 1.73 bits per heavy atom. The van der Waals surface area contributed by atoms with Crippen molar-refractivity contribution in [1.29, 1.82) is 0 Å². The number of imide groups is 1. The van der Waals surface area contributed by atoms with E-state index in [-0.39, 0.29) is 35.9 Å². The summed E-state index contributed by atoms with van der Waals surface area (Å²) in [6, 6.07) is 0. The fourth-order valence-electron chi connectivity index (χ4n) is 3.22. The van der Waals surface area contributed by atoms with E-state index < -0.39 is 0 Å². The molecule has 0 spiro atoms. The van der Waals surface area contributed by atoms with E-state index >= 15 is 0 Å². The summed E-state index contributed by atoms with van der Waals surface area (Å²) in [5.74, 6) is -0.274. The minimum Gasteiger partial charge on any atom is -0.373 e. The van der Waals surface area contributed by atoms with E-state index in [1.807, 2.05) is 6.92 Å². The Bertz CT molecular complexity index is 300. The Morgan fingerprint density at radius 3 is 2.20 bits per heavy atom. The first kappa shape index (κ1) is 9.33. The zero-order valence-corrected chi connectivity index (χ0v) is 8.81. The van der Waals surface area contributed by atoms with Crippen LogP contribution in [0.25, 0.3) is 0 Å². The normalized spacial score (nSPS) is 42.9. The highest BCUT2D eigenvalue weighted by molar-refractivity contribution is 6.06. The van der Waals surface area contributed by atoms with Crippen molar-refractivity contribution in [2.24, 2.45) is 11.8 Å². The van der Waals surface area contributed by atoms with Crippen molar-refractivity contribution in [3.05, 3.63) is 0 Å². The molecule has 0 aromatic rings. The average molecular weight is 209 g/mol. The summed E-state index contributed by atoms with van der Waals surface area (Å²) in [5, 5.41) is 0. The van der Waals surface area contributed by atoms with Crippen LogP contribution in [0.3, 0.4) is 0 Å². The smallest absolute Gasteiger partial charge is 0.235 e. The van der Waals surface area contributed by atoms with Crippen molar-refractivity contribution < 1.29 is 14.3 Å². The highest BCUT2D eigenvalue weighted by Crippen LogP contribution is 2.48. The Balaban J connectivity index is 1.90. The third-order valence-corrected chi connectivity index (χ3v) is 3.82. The van der Waals surface area contributed by atoms with Gasteiger partial charge in [-0.15, -0.1) is 0 Å². The molecule has 4 heteroatoms. The number of nitrogens with zero attached hydrogens (tertiary/aromatic N) is 1. The van der Waals surface area contributed by atoms with Gasteiger partial charge in [0.1, 0.15) is 0 Å². The Kier molecular flexibility index (Phi) is 1.89. The van der Waals surface area contributed by atoms with Gasteiger partial charge in [0.2, 0.25) is 11.8 Å². The lowest BCUT2D eigenvalue weighted by molar-refractivity contribution is -0.142. The second kappa shape index (κ2) is 3.04. The van der Waals surface area contributed by atoms with Gasteiger partial charge in [-0.1, -0.05) is 6.92 Å². The van der Waals surface area contributed by atoms with Crippen molar-refractivity contribution in [2.45, 2.75) is 38.4 Å². The number of amides is 2. The zero-order valence-electron chi connectivity index (χ0n) is 8.81. The number of fused-ring (bicyclic) bond motifs is 5. The standard InChI is InChI=1S/C11H15NO3/c1-2-5-12-10(13)8-6-3-4-7(15-6)9(8)11(12)14/h6-9H,2-5H2,1H3/t6-,7-,8-,9-/m0/s1. The van der Waals surface area contributed by atoms with Gasteiger partial charge in [0.05, 0.1) is 24.0 Å². The first-order valence-electron chi connectivity index (χ1n) is 5.74. The lowest BCUT2D eigenvalue weighted by atomic mass is 9.81. The van der Waals surface area contributed by atoms with Crippen molar-refractivity contribution >= 4 is 11.8 Å². The number of hydrogen-bond donors (Lipinski definition) is 0. The summed E-state index contributed by atoms with van der Waals surface area (Å²) in [4.78, 5) is 25.5. The molecule has 0 aliphatic carbocycles. The third-order valence-electron chi connectivity index (χ3n) is 3.82. The van der Waals surface area contributed by atoms with Gasteiger partial charge in [-0.2, -0.15) is 0 Å². The number of ether oxygens (including phenoxy) is 1. The van der Waals surface area contributed by atoms with Crippen LogP contribution in [0.5, 0.6) is 0 Å². The van der Waals surface area contributed by atoms with Crippen LogP contribution in [0.4, 0.5) is 0 Å². The van der Waals surface area contributed by atoms with Gasteiger partial charge in [0.15, 0.2) is 0 Å². The number of rotatable bonds is 2. The van der Waals surface area contributed by atoms with Gasteiger partial charge < -0.3 is 4.74 Å². The van der Waals surface area contributed by atoms with Crippen molar-refractivity contribution in [3.63, 3.8) is 0 Å². The molecule has 3 rings (SSSR count). The molecule has 4 atom stereocenters. The summed E-state index contributed by atoms with van der Waals surface area (Å²) < 4.78 is 5.64. The molecule has 3 heterocycles. The highest BCUT2D eigenvalue weighted by atomic mass is 16.5. The highest BCUT2D eigenvalue weighted by Gasteiger charge is 2.61. The van der Waals surface area contributed by atoms with Gasteiger partial charge in [-0.3, -0.25) is 14.5 Å². The molecule has 0 unspecified atom stereocenters. The topological polar surface area (TPSA) is 46.6 Å². The minimum absolute atomic E-state index is 0.0130. The van der Waals surface area contributed by atoms with Crippen molar-refractivity contribution in [3.8, 4) is 0 Å². The maximum Gasteiger partial charge on any atom is 0.235 e. The van der Waals surface area contributed by atoms with E-state index in [1.165, 1.54) is 4.90 Å². The molecule has 0 radical (unpaired) electrons. The summed E-state index contributed by atoms with van der Waals surface area (Å²) in [6.45, 7) is 2.56.